The van der Waals surface area contributed by atoms with Gasteiger partial charge < -0.3 is 15.0 Å². The molecule has 5 nitrogen and oxygen atoms in total. The van der Waals surface area contributed by atoms with Crippen molar-refractivity contribution in [2.75, 3.05) is 13.2 Å². The summed E-state index contributed by atoms with van der Waals surface area (Å²) in [5.41, 5.74) is 7.43. The molecule has 0 bridgehead atoms. The highest BCUT2D eigenvalue weighted by atomic mass is 79.9. The minimum absolute atomic E-state index is 0.356. The number of aryl methyl sites for hydroxylation is 1. The molecule has 0 aliphatic heterocycles. The van der Waals surface area contributed by atoms with Gasteiger partial charge in [0.1, 0.15) is 5.54 Å². The van der Waals surface area contributed by atoms with Crippen molar-refractivity contribution in [2.45, 2.75) is 32.7 Å². The first-order chi connectivity index (χ1) is 9.94. The molecule has 1 atom stereocenters. The summed E-state index contributed by atoms with van der Waals surface area (Å²) in [5, 5.41) is 4.00. The van der Waals surface area contributed by atoms with Crippen molar-refractivity contribution < 1.29 is 9.26 Å². The number of halogens is 1. The number of nitrogens with zero attached hydrogens (tertiary/aromatic N) is 2. The normalized spacial score (nSPS) is 14.1. The molecule has 0 saturated carbocycles. The summed E-state index contributed by atoms with van der Waals surface area (Å²) < 4.78 is 11.8. The van der Waals surface area contributed by atoms with Gasteiger partial charge in [-0.05, 0) is 48.3 Å². The van der Waals surface area contributed by atoms with Crippen LogP contribution < -0.4 is 5.73 Å². The molecule has 21 heavy (non-hydrogen) atoms. The number of benzene rings is 1. The topological polar surface area (TPSA) is 74.2 Å². The molecular formula is C15H20BrN3O2. The molecular weight excluding hydrogens is 334 g/mol. The Hall–Kier alpha value is -1.24. The maximum atomic E-state index is 6.22. The first-order valence-corrected chi connectivity index (χ1v) is 7.70. The second-order valence-electron chi connectivity index (χ2n) is 5.38. The third-order valence-electron chi connectivity index (χ3n) is 3.04. The van der Waals surface area contributed by atoms with Crippen molar-refractivity contribution in [3.63, 3.8) is 0 Å². The lowest BCUT2D eigenvalue weighted by molar-refractivity contribution is 0.0867. The van der Waals surface area contributed by atoms with Crippen LogP contribution in [-0.4, -0.2) is 23.4 Å². The summed E-state index contributed by atoms with van der Waals surface area (Å²) in [6.45, 7) is 6.92. The number of aromatic nitrogens is 2. The Labute approximate surface area is 133 Å². The Bertz CT molecular complexity index is 611. The van der Waals surface area contributed by atoms with E-state index in [4.69, 9.17) is 15.0 Å². The van der Waals surface area contributed by atoms with Crippen LogP contribution in [0.2, 0.25) is 0 Å². The van der Waals surface area contributed by atoms with Crippen molar-refractivity contribution in [3.05, 3.63) is 34.1 Å². The Kier molecular flexibility index (Phi) is 5.13. The zero-order valence-corrected chi connectivity index (χ0v) is 14.1. The fourth-order valence-corrected chi connectivity index (χ4v) is 2.28. The van der Waals surface area contributed by atoms with Gasteiger partial charge in [-0.2, -0.15) is 4.98 Å². The van der Waals surface area contributed by atoms with Crippen molar-refractivity contribution in [1.29, 1.82) is 0 Å². The predicted octanol–water partition coefficient (Wildman–Crippen LogP) is 3.41. The van der Waals surface area contributed by atoms with Crippen LogP contribution >= 0.6 is 15.9 Å². The third kappa shape index (κ3) is 3.90. The summed E-state index contributed by atoms with van der Waals surface area (Å²) >= 11 is 3.49. The summed E-state index contributed by atoms with van der Waals surface area (Å²) in [7, 11) is 0. The molecule has 1 heterocycles. The molecule has 0 amide bonds. The van der Waals surface area contributed by atoms with E-state index >= 15 is 0 Å². The third-order valence-corrected chi connectivity index (χ3v) is 3.73. The standard InChI is InChI=1S/C15H20BrN3O2/c1-4-7-20-9-15(3,17)14-18-13(21-19-14)11-8-10(2)5-6-12(11)16/h5-6,8H,4,7,9,17H2,1-3H3. The summed E-state index contributed by atoms with van der Waals surface area (Å²) in [6.07, 6.45) is 0.948. The van der Waals surface area contributed by atoms with E-state index in [1.54, 1.807) is 0 Å². The van der Waals surface area contributed by atoms with Crippen molar-refractivity contribution in [1.82, 2.24) is 10.1 Å². The summed E-state index contributed by atoms with van der Waals surface area (Å²) in [5.74, 6) is 0.898. The van der Waals surface area contributed by atoms with E-state index in [0.29, 0.717) is 24.9 Å². The van der Waals surface area contributed by atoms with E-state index in [1.165, 1.54) is 0 Å². The predicted molar refractivity (Wildman–Crippen MR) is 84.8 cm³/mol. The van der Waals surface area contributed by atoms with Crippen LogP contribution in [-0.2, 0) is 10.3 Å². The van der Waals surface area contributed by atoms with Gasteiger partial charge in [0.2, 0.25) is 0 Å². The number of nitrogens with two attached hydrogens (primary N) is 1. The summed E-state index contributed by atoms with van der Waals surface area (Å²) in [4.78, 5) is 4.42. The molecule has 0 fully saturated rings. The lowest BCUT2D eigenvalue weighted by atomic mass is 10.1. The second kappa shape index (κ2) is 6.68. The second-order valence-corrected chi connectivity index (χ2v) is 6.23. The maximum absolute atomic E-state index is 6.22. The van der Waals surface area contributed by atoms with Crippen LogP contribution in [0.4, 0.5) is 0 Å². The van der Waals surface area contributed by atoms with Crippen LogP contribution in [0.3, 0.4) is 0 Å². The zero-order valence-electron chi connectivity index (χ0n) is 12.5. The number of ether oxygens (including phenoxy) is 1. The zero-order chi connectivity index (χ0) is 15.5. The molecule has 114 valence electrons. The van der Waals surface area contributed by atoms with Gasteiger partial charge in [-0.25, -0.2) is 0 Å². The molecule has 2 aromatic rings. The van der Waals surface area contributed by atoms with Crippen molar-refractivity contribution >= 4 is 15.9 Å². The molecule has 0 spiro atoms. The largest absolute Gasteiger partial charge is 0.379 e. The van der Waals surface area contributed by atoms with Crippen molar-refractivity contribution in [2.24, 2.45) is 5.73 Å². The molecule has 0 radical (unpaired) electrons. The van der Waals surface area contributed by atoms with Gasteiger partial charge >= 0.3 is 0 Å². The lowest BCUT2D eigenvalue weighted by Crippen LogP contribution is -2.39. The highest BCUT2D eigenvalue weighted by Gasteiger charge is 2.28. The van der Waals surface area contributed by atoms with Crippen LogP contribution in [0.25, 0.3) is 11.5 Å². The van der Waals surface area contributed by atoms with Gasteiger partial charge in [0.25, 0.3) is 5.89 Å². The minimum atomic E-state index is -0.771. The Morgan fingerprint density at radius 3 is 2.90 bits per heavy atom. The lowest BCUT2D eigenvalue weighted by Gasteiger charge is -2.19. The number of hydrogen-bond donors (Lipinski definition) is 1. The maximum Gasteiger partial charge on any atom is 0.259 e. The molecule has 0 aliphatic rings. The van der Waals surface area contributed by atoms with Crippen LogP contribution in [0.1, 0.15) is 31.7 Å². The van der Waals surface area contributed by atoms with Crippen molar-refractivity contribution in [3.8, 4) is 11.5 Å². The molecule has 2 rings (SSSR count). The molecule has 2 N–H and O–H groups in total. The highest BCUT2D eigenvalue weighted by molar-refractivity contribution is 9.10. The van der Waals surface area contributed by atoms with Crippen LogP contribution in [0, 0.1) is 6.92 Å². The number of hydrogen-bond acceptors (Lipinski definition) is 5. The Morgan fingerprint density at radius 1 is 1.43 bits per heavy atom. The van der Waals surface area contributed by atoms with Gasteiger partial charge in [0.15, 0.2) is 5.82 Å². The molecule has 0 aliphatic carbocycles. The SMILES string of the molecule is CCCOCC(C)(N)c1noc(-c2cc(C)ccc2Br)n1. The monoisotopic (exact) mass is 353 g/mol. The summed E-state index contributed by atoms with van der Waals surface area (Å²) in [6, 6.07) is 5.96. The van der Waals surface area contributed by atoms with E-state index in [1.807, 2.05) is 32.0 Å². The fourth-order valence-electron chi connectivity index (χ4n) is 1.86. The van der Waals surface area contributed by atoms with E-state index in [2.05, 4.69) is 33.0 Å². The smallest absolute Gasteiger partial charge is 0.259 e. The quantitative estimate of drug-likeness (QED) is 0.805. The molecule has 6 heteroatoms. The van der Waals surface area contributed by atoms with Crippen LogP contribution in [0.15, 0.2) is 27.2 Å². The average Bonchev–Trinajstić information content (AvgIpc) is 2.92. The van der Waals surface area contributed by atoms with Gasteiger partial charge in [0, 0.05) is 11.1 Å². The van der Waals surface area contributed by atoms with E-state index in [0.717, 1.165) is 22.0 Å². The molecule has 0 saturated heterocycles. The molecule has 1 aromatic carbocycles. The van der Waals surface area contributed by atoms with Crippen LogP contribution in [0.5, 0.6) is 0 Å². The molecule has 1 aromatic heterocycles. The molecule has 1 unspecified atom stereocenters. The van der Waals surface area contributed by atoms with Gasteiger partial charge in [-0.1, -0.05) is 23.7 Å². The Balaban J connectivity index is 2.23. The van der Waals surface area contributed by atoms with E-state index in [9.17, 15) is 0 Å². The first-order valence-electron chi connectivity index (χ1n) is 6.91. The van der Waals surface area contributed by atoms with Gasteiger partial charge in [-0.3, -0.25) is 0 Å². The van der Waals surface area contributed by atoms with E-state index in [-0.39, 0.29) is 0 Å². The van der Waals surface area contributed by atoms with Gasteiger partial charge in [0.05, 0.1) is 12.2 Å². The van der Waals surface area contributed by atoms with E-state index < -0.39 is 5.54 Å². The Morgan fingerprint density at radius 2 is 2.19 bits per heavy atom. The van der Waals surface area contributed by atoms with Gasteiger partial charge in [-0.15, -0.1) is 0 Å². The number of rotatable bonds is 6. The minimum Gasteiger partial charge on any atom is -0.379 e. The highest BCUT2D eigenvalue weighted by Crippen LogP contribution is 2.29. The average molecular weight is 354 g/mol. The first kappa shape index (κ1) is 16.1. The fraction of sp³-hybridized carbons (Fsp3) is 0.467.